The lowest BCUT2D eigenvalue weighted by atomic mass is 10.1. The van der Waals surface area contributed by atoms with Gasteiger partial charge >= 0.3 is 0 Å². The third kappa shape index (κ3) is 4.94. The highest BCUT2D eigenvalue weighted by molar-refractivity contribution is 9.10. The summed E-state index contributed by atoms with van der Waals surface area (Å²) in [6.07, 6.45) is 3.76. The Labute approximate surface area is 175 Å². The van der Waals surface area contributed by atoms with Crippen molar-refractivity contribution in [2.24, 2.45) is 0 Å². The van der Waals surface area contributed by atoms with Crippen molar-refractivity contribution in [1.82, 2.24) is 10.4 Å². The topological polar surface area (TPSA) is 49.4 Å². The Kier molecular flexibility index (Phi) is 6.26. The molecule has 1 aliphatic rings. The standard InChI is InChI=1S/C20H15BrN2O2S2/c1-13(11-14-5-3-2-4-6-14)12-17-19(25)23(20(26)27-17)22-18(24)15-7-9-16(21)10-8-15/h2-12H,1H3,(H,22,24). The van der Waals surface area contributed by atoms with E-state index in [1.165, 1.54) is 11.8 Å². The van der Waals surface area contributed by atoms with E-state index in [1.54, 1.807) is 30.3 Å². The van der Waals surface area contributed by atoms with Crippen LogP contribution >= 0.6 is 39.9 Å². The highest BCUT2D eigenvalue weighted by atomic mass is 79.9. The van der Waals surface area contributed by atoms with Gasteiger partial charge in [0.15, 0.2) is 4.32 Å². The number of thiocarbonyl (C=S) groups is 1. The van der Waals surface area contributed by atoms with Crippen molar-refractivity contribution in [2.75, 3.05) is 0 Å². The van der Waals surface area contributed by atoms with Gasteiger partial charge in [0, 0.05) is 10.0 Å². The number of nitrogens with one attached hydrogen (secondary N) is 1. The summed E-state index contributed by atoms with van der Waals surface area (Å²) >= 11 is 9.74. The van der Waals surface area contributed by atoms with Gasteiger partial charge in [0.2, 0.25) is 0 Å². The third-order valence-corrected chi connectivity index (χ3v) is 5.50. The van der Waals surface area contributed by atoms with Crippen LogP contribution < -0.4 is 5.43 Å². The first-order chi connectivity index (χ1) is 12.9. The second-order valence-electron chi connectivity index (χ2n) is 5.76. The molecular weight excluding hydrogens is 444 g/mol. The van der Waals surface area contributed by atoms with E-state index >= 15 is 0 Å². The third-order valence-electron chi connectivity index (χ3n) is 3.67. The number of hydrogen-bond donors (Lipinski definition) is 1. The monoisotopic (exact) mass is 458 g/mol. The Bertz CT molecular complexity index is 954. The minimum atomic E-state index is -0.392. The van der Waals surface area contributed by atoms with Gasteiger partial charge in [-0.05, 0) is 60.6 Å². The highest BCUT2D eigenvalue weighted by Crippen LogP contribution is 2.31. The van der Waals surface area contributed by atoms with Gasteiger partial charge in [0.1, 0.15) is 0 Å². The van der Waals surface area contributed by atoms with Crippen LogP contribution in [0, 0.1) is 0 Å². The van der Waals surface area contributed by atoms with E-state index in [1.807, 2.05) is 43.3 Å². The second kappa shape index (κ2) is 8.65. The largest absolute Gasteiger partial charge is 0.285 e. The Morgan fingerprint density at radius 3 is 2.48 bits per heavy atom. The molecule has 1 heterocycles. The van der Waals surface area contributed by atoms with Crippen LogP contribution in [0.5, 0.6) is 0 Å². The van der Waals surface area contributed by atoms with Gasteiger partial charge in [-0.25, -0.2) is 0 Å². The van der Waals surface area contributed by atoms with Gasteiger partial charge in [-0.15, -0.1) is 0 Å². The van der Waals surface area contributed by atoms with Crippen LogP contribution in [0.1, 0.15) is 22.8 Å². The molecule has 0 bridgehead atoms. The van der Waals surface area contributed by atoms with Crippen LogP contribution in [-0.4, -0.2) is 21.1 Å². The molecule has 3 rings (SSSR count). The Morgan fingerprint density at radius 2 is 1.81 bits per heavy atom. The number of hydrogen-bond acceptors (Lipinski definition) is 4. The average Bonchev–Trinajstić information content (AvgIpc) is 2.90. The molecule has 1 N–H and O–H groups in total. The molecule has 0 spiro atoms. The molecule has 1 fully saturated rings. The number of benzene rings is 2. The molecule has 0 aromatic heterocycles. The van der Waals surface area contributed by atoms with Gasteiger partial charge < -0.3 is 0 Å². The fourth-order valence-corrected chi connectivity index (χ4v) is 3.89. The smallest absolute Gasteiger partial charge is 0.267 e. The van der Waals surface area contributed by atoms with Crippen LogP contribution in [0.25, 0.3) is 6.08 Å². The lowest BCUT2D eigenvalue weighted by Crippen LogP contribution is -2.44. The number of carbonyl (C=O) groups excluding carboxylic acids is 2. The molecule has 1 saturated heterocycles. The van der Waals surface area contributed by atoms with Crippen molar-refractivity contribution in [3.63, 3.8) is 0 Å². The average molecular weight is 459 g/mol. The molecule has 2 aromatic rings. The van der Waals surface area contributed by atoms with Crippen molar-refractivity contribution in [3.8, 4) is 0 Å². The van der Waals surface area contributed by atoms with Crippen LogP contribution in [0.4, 0.5) is 0 Å². The van der Waals surface area contributed by atoms with E-state index in [0.29, 0.717) is 14.8 Å². The zero-order chi connectivity index (χ0) is 19.4. The number of amides is 2. The number of allylic oxidation sites excluding steroid dienone is 2. The Hall–Kier alpha value is -2.22. The highest BCUT2D eigenvalue weighted by Gasteiger charge is 2.33. The van der Waals surface area contributed by atoms with Gasteiger partial charge in [-0.2, -0.15) is 5.01 Å². The number of carbonyl (C=O) groups is 2. The summed E-state index contributed by atoms with van der Waals surface area (Å²) in [5.41, 5.74) is 4.98. The lowest BCUT2D eigenvalue weighted by Gasteiger charge is -2.15. The number of halogens is 1. The van der Waals surface area contributed by atoms with E-state index in [0.717, 1.165) is 20.6 Å². The first kappa shape index (κ1) is 19.5. The summed E-state index contributed by atoms with van der Waals surface area (Å²) < 4.78 is 1.16. The Balaban J connectivity index is 1.73. The van der Waals surface area contributed by atoms with Crippen molar-refractivity contribution < 1.29 is 9.59 Å². The molecule has 7 heteroatoms. The van der Waals surface area contributed by atoms with E-state index < -0.39 is 5.91 Å². The first-order valence-corrected chi connectivity index (χ1v) is 10.0. The van der Waals surface area contributed by atoms with Crippen molar-refractivity contribution in [1.29, 1.82) is 0 Å². The molecule has 136 valence electrons. The SMILES string of the molecule is CC(=Cc1ccccc1)C=C1SC(=S)N(NC(=O)c2ccc(Br)cc2)C1=O. The minimum absolute atomic E-state index is 0.296. The molecule has 2 amide bonds. The number of nitrogens with zero attached hydrogens (tertiary/aromatic N) is 1. The van der Waals surface area contributed by atoms with Gasteiger partial charge in [0.25, 0.3) is 11.8 Å². The maximum atomic E-state index is 12.6. The number of thioether (sulfide) groups is 1. The summed E-state index contributed by atoms with van der Waals surface area (Å²) in [4.78, 5) is 25.5. The van der Waals surface area contributed by atoms with Crippen molar-refractivity contribution in [2.45, 2.75) is 6.92 Å². The molecule has 0 radical (unpaired) electrons. The molecule has 0 unspecified atom stereocenters. The van der Waals surface area contributed by atoms with Gasteiger partial charge in [-0.3, -0.25) is 15.0 Å². The maximum Gasteiger partial charge on any atom is 0.285 e. The quantitative estimate of drug-likeness (QED) is 0.520. The number of hydrazine groups is 1. The van der Waals surface area contributed by atoms with E-state index in [2.05, 4.69) is 21.4 Å². The molecule has 27 heavy (non-hydrogen) atoms. The van der Waals surface area contributed by atoms with E-state index in [-0.39, 0.29) is 5.91 Å². The molecule has 2 aromatic carbocycles. The summed E-state index contributed by atoms with van der Waals surface area (Å²) in [6, 6.07) is 16.7. The fourth-order valence-electron chi connectivity index (χ4n) is 2.39. The Morgan fingerprint density at radius 1 is 1.15 bits per heavy atom. The predicted octanol–water partition coefficient (Wildman–Crippen LogP) is 4.94. The van der Waals surface area contributed by atoms with Gasteiger partial charge in [-0.1, -0.05) is 64.1 Å². The summed E-state index contributed by atoms with van der Waals surface area (Å²) in [7, 11) is 0. The molecule has 0 aliphatic carbocycles. The van der Waals surface area contributed by atoms with Crippen molar-refractivity contribution in [3.05, 3.63) is 86.8 Å². The second-order valence-corrected chi connectivity index (χ2v) is 8.36. The minimum Gasteiger partial charge on any atom is -0.267 e. The van der Waals surface area contributed by atoms with Crippen LogP contribution in [0.2, 0.25) is 0 Å². The lowest BCUT2D eigenvalue weighted by molar-refractivity contribution is -0.123. The zero-order valence-electron chi connectivity index (χ0n) is 14.3. The van der Waals surface area contributed by atoms with E-state index in [4.69, 9.17) is 12.2 Å². The summed E-state index contributed by atoms with van der Waals surface area (Å²) in [6.45, 7) is 1.92. The normalized spacial score (nSPS) is 16.1. The molecule has 0 saturated carbocycles. The molecular formula is C20H15BrN2O2S2. The number of rotatable bonds is 4. The molecule has 1 aliphatic heterocycles. The summed E-state index contributed by atoms with van der Waals surface area (Å²) in [5, 5.41) is 1.12. The van der Waals surface area contributed by atoms with Crippen LogP contribution in [0.15, 0.2) is 75.6 Å². The molecule has 4 nitrogen and oxygen atoms in total. The maximum absolute atomic E-state index is 12.6. The van der Waals surface area contributed by atoms with E-state index in [9.17, 15) is 9.59 Å². The van der Waals surface area contributed by atoms with Crippen LogP contribution in [0.3, 0.4) is 0 Å². The predicted molar refractivity (Wildman–Crippen MR) is 117 cm³/mol. The molecule has 0 atom stereocenters. The van der Waals surface area contributed by atoms with Crippen molar-refractivity contribution >= 4 is 62.1 Å². The summed E-state index contributed by atoms with van der Waals surface area (Å²) in [5.74, 6) is -0.729. The van der Waals surface area contributed by atoms with Gasteiger partial charge in [0.05, 0.1) is 4.91 Å². The fraction of sp³-hybridized carbons (Fsp3) is 0.0500. The first-order valence-electron chi connectivity index (χ1n) is 8.02. The van der Waals surface area contributed by atoms with Crippen LogP contribution in [-0.2, 0) is 4.79 Å². The zero-order valence-corrected chi connectivity index (χ0v) is 17.5.